The molecular weight excluding hydrogens is 514 g/mol. The van der Waals surface area contributed by atoms with Crippen LogP contribution in [0.5, 0.6) is 0 Å². The van der Waals surface area contributed by atoms with E-state index in [0.717, 1.165) is 38.4 Å². The van der Waals surface area contributed by atoms with Crippen LogP contribution < -0.4 is 16.3 Å². The number of carboxylic acids is 1. The van der Waals surface area contributed by atoms with Gasteiger partial charge in [0.05, 0.1) is 6.26 Å². The minimum atomic E-state index is -1.14. The Balaban J connectivity index is 1.14. The van der Waals surface area contributed by atoms with E-state index in [1.54, 1.807) is 18.5 Å². The third-order valence-corrected chi connectivity index (χ3v) is 7.18. The van der Waals surface area contributed by atoms with Crippen molar-refractivity contribution in [1.29, 1.82) is 0 Å². The summed E-state index contributed by atoms with van der Waals surface area (Å²) < 4.78 is 11.0. The van der Waals surface area contributed by atoms with Crippen LogP contribution in [0.4, 0.5) is 0 Å². The van der Waals surface area contributed by atoms with Gasteiger partial charge in [-0.2, -0.15) is 0 Å². The third-order valence-electron chi connectivity index (χ3n) is 7.18. The summed E-state index contributed by atoms with van der Waals surface area (Å²) in [7, 11) is 0. The Morgan fingerprint density at radius 1 is 1.00 bits per heavy atom. The fourth-order valence-electron chi connectivity index (χ4n) is 4.96. The molecule has 3 heterocycles. The maximum atomic E-state index is 12.6. The molecule has 10 nitrogen and oxygen atoms in total. The summed E-state index contributed by atoms with van der Waals surface area (Å²) in [5, 5.41) is 17.4. The molecule has 0 fully saturated rings. The van der Waals surface area contributed by atoms with Crippen molar-refractivity contribution in [3.63, 3.8) is 0 Å². The summed E-state index contributed by atoms with van der Waals surface area (Å²) in [6.45, 7) is 3.80. The maximum Gasteiger partial charge on any atom is 0.339 e. The van der Waals surface area contributed by atoms with E-state index in [4.69, 9.17) is 8.83 Å². The zero-order valence-electron chi connectivity index (χ0n) is 22.1. The Bertz CT molecular complexity index is 1810. The van der Waals surface area contributed by atoms with E-state index in [9.17, 15) is 24.3 Å². The van der Waals surface area contributed by atoms with Crippen LogP contribution in [-0.4, -0.2) is 40.5 Å². The van der Waals surface area contributed by atoms with Gasteiger partial charge in [0, 0.05) is 65.3 Å². The van der Waals surface area contributed by atoms with Gasteiger partial charge in [0.2, 0.25) is 11.8 Å². The van der Waals surface area contributed by atoms with Crippen LogP contribution in [-0.2, 0) is 27.2 Å². The fourth-order valence-corrected chi connectivity index (χ4v) is 4.96. The van der Waals surface area contributed by atoms with Crippen molar-refractivity contribution in [3.05, 3.63) is 81.5 Å². The molecule has 2 aromatic carbocycles. The predicted molar refractivity (Wildman–Crippen MR) is 149 cm³/mol. The van der Waals surface area contributed by atoms with Crippen molar-refractivity contribution in [2.75, 3.05) is 6.54 Å². The predicted octanol–water partition coefficient (Wildman–Crippen LogP) is 3.89. The lowest BCUT2D eigenvalue weighted by Gasteiger charge is -2.14. The minimum Gasteiger partial charge on any atom is -0.480 e. The Kier molecular flexibility index (Phi) is 7.41. The lowest BCUT2D eigenvalue weighted by molar-refractivity contribution is -0.141. The number of carboxylic acid groups (broad SMARTS) is 1. The number of para-hydroxylation sites is 1. The van der Waals surface area contributed by atoms with Crippen molar-refractivity contribution >= 4 is 50.6 Å². The van der Waals surface area contributed by atoms with Gasteiger partial charge in [-0.25, -0.2) is 9.59 Å². The van der Waals surface area contributed by atoms with Gasteiger partial charge in [-0.3, -0.25) is 9.59 Å². The van der Waals surface area contributed by atoms with Crippen molar-refractivity contribution < 1.29 is 28.3 Å². The van der Waals surface area contributed by atoms with Crippen molar-refractivity contribution in [2.45, 2.75) is 45.6 Å². The zero-order chi connectivity index (χ0) is 28.4. The molecule has 0 aliphatic carbocycles. The largest absolute Gasteiger partial charge is 0.480 e. The van der Waals surface area contributed by atoms with E-state index >= 15 is 0 Å². The lowest BCUT2D eigenvalue weighted by atomic mass is 10.0. The highest BCUT2D eigenvalue weighted by Gasteiger charge is 2.22. The SMILES string of the molecule is Cc1coc2cc3oc(=O)c(CCC(=O)NCCC(=O)N[C@@H](Cc4c[nH]c5ccccc45)C(=O)O)c(C)c3cc12. The average molecular weight is 544 g/mol. The number of hydrogen-bond acceptors (Lipinski definition) is 6. The number of hydrogen-bond donors (Lipinski definition) is 4. The molecular formula is C30H29N3O7. The van der Waals surface area contributed by atoms with Gasteiger partial charge in [-0.15, -0.1) is 0 Å². The smallest absolute Gasteiger partial charge is 0.339 e. The Morgan fingerprint density at radius 3 is 2.60 bits per heavy atom. The molecule has 2 amide bonds. The van der Waals surface area contributed by atoms with Crippen molar-refractivity contribution in [1.82, 2.24) is 15.6 Å². The first-order valence-corrected chi connectivity index (χ1v) is 13.0. The van der Waals surface area contributed by atoms with E-state index in [0.29, 0.717) is 16.7 Å². The topological polar surface area (TPSA) is 155 Å². The third kappa shape index (κ3) is 5.47. The van der Waals surface area contributed by atoms with Crippen molar-refractivity contribution in [3.8, 4) is 0 Å². The number of carbonyl (C=O) groups excluding carboxylic acids is 2. The summed E-state index contributed by atoms with van der Waals surface area (Å²) in [5.74, 6) is -1.96. The number of amides is 2. The number of rotatable bonds is 10. The monoisotopic (exact) mass is 543 g/mol. The number of aliphatic carboxylic acids is 1. The van der Waals surface area contributed by atoms with Gasteiger partial charge in [0.15, 0.2) is 0 Å². The summed E-state index contributed by atoms with van der Waals surface area (Å²) in [6.07, 6.45) is 3.63. The molecule has 0 unspecified atom stereocenters. The van der Waals surface area contributed by atoms with Crippen LogP contribution in [0.1, 0.15) is 35.1 Å². The van der Waals surface area contributed by atoms with Gasteiger partial charge >= 0.3 is 11.6 Å². The first kappa shape index (κ1) is 26.7. The molecule has 5 aromatic rings. The normalized spacial score (nSPS) is 12.2. The second kappa shape index (κ2) is 11.1. The average Bonchev–Trinajstić information content (AvgIpc) is 3.50. The number of aromatic amines is 1. The molecule has 40 heavy (non-hydrogen) atoms. The molecule has 10 heteroatoms. The maximum absolute atomic E-state index is 12.6. The molecule has 1 atom stereocenters. The van der Waals surface area contributed by atoms with Crippen LogP contribution in [0.15, 0.2) is 62.5 Å². The lowest BCUT2D eigenvalue weighted by Crippen LogP contribution is -2.43. The van der Waals surface area contributed by atoms with Gasteiger partial charge in [-0.05, 0) is 49.1 Å². The Hall–Kier alpha value is -4.86. The molecule has 0 bridgehead atoms. The van der Waals surface area contributed by atoms with E-state index in [-0.39, 0.29) is 38.1 Å². The van der Waals surface area contributed by atoms with E-state index in [1.165, 1.54) is 0 Å². The minimum absolute atomic E-state index is 0.0318. The van der Waals surface area contributed by atoms with E-state index < -0.39 is 23.5 Å². The molecule has 0 saturated heterocycles. The highest BCUT2D eigenvalue weighted by Crippen LogP contribution is 2.29. The molecule has 0 spiro atoms. The van der Waals surface area contributed by atoms with Gasteiger partial charge in [0.1, 0.15) is 17.2 Å². The van der Waals surface area contributed by atoms with Gasteiger partial charge < -0.3 is 29.6 Å². The molecule has 0 radical (unpaired) electrons. The first-order chi connectivity index (χ1) is 19.2. The summed E-state index contributed by atoms with van der Waals surface area (Å²) in [5.41, 5.74) is 4.37. The molecule has 0 saturated carbocycles. The molecule has 206 valence electrons. The van der Waals surface area contributed by atoms with E-state index in [1.807, 2.05) is 44.2 Å². The number of carbonyl (C=O) groups is 3. The molecule has 4 N–H and O–H groups in total. The van der Waals surface area contributed by atoms with Gasteiger partial charge in [-0.1, -0.05) is 18.2 Å². The molecule has 3 aromatic heterocycles. The Morgan fingerprint density at radius 2 is 1.80 bits per heavy atom. The summed E-state index contributed by atoms with van der Waals surface area (Å²) in [4.78, 5) is 52.4. The summed E-state index contributed by atoms with van der Waals surface area (Å²) in [6, 6.07) is 10.0. The number of H-pyrrole nitrogens is 1. The van der Waals surface area contributed by atoms with Crippen LogP contribution >= 0.6 is 0 Å². The Labute approximate surface area is 228 Å². The van der Waals surface area contributed by atoms with Crippen LogP contribution in [0.2, 0.25) is 0 Å². The van der Waals surface area contributed by atoms with E-state index in [2.05, 4.69) is 15.6 Å². The molecule has 0 aliphatic heterocycles. The zero-order valence-corrected chi connectivity index (χ0v) is 22.1. The quantitative estimate of drug-likeness (QED) is 0.195. The standard InChI is InChI=1S/C30H29N3O7/c1-16-15-39-25-13-26-22(12-21(16)25)17(2)19(30(38)40-26)7-8-27(34)31-10-9-28(35)33-24(29(36)37)11-18-14-32-23-6-4-3-5-20(18)23/h3-6,12-15,24,32H,7-11H2,1-2H3,(H,31,34)(H,33,35)(H,36,37)/t24-/m0/s1. The number of nitrogens with one attached hydrogen (secondary N) is 3. The molecule has 5 rings (SSSR count). The molecule has 0 aliphatic rings. The fraction of sp³-hybridized carbons (Fsp3) is 0.267. The van der Waals surface area contributed by atoms with Crippen molar-refractivity contribution in [2.24, 2.45) is 0 Å². The number of aromatic nitrogens is 1. The van der Waals surface area contributed by atoms with Crippen LogP contribution in [0.25, 0.3) is 32.8 Å². The number of aryl methyl sites for hydroxylation is 2. The van der Waals surface area contributed by atoms with Crippen LogP contribution in [0.3, 0.4) is 0 Å². The van der Waals surface area contributed by atoms with Gasteiger partial charge in [0.25, 0.3) is 0 Å². The first-order valence-electron chi connectivity index (χ1n) is 13.0. The highest BCUT2D eigenvalue weighted by atomic mass is 16.4. The number of furan rings is 1. The highest BCUT2D eigenvalue weighted by molar-refractivity contribution is 5.96. The number of fused-ring (bicyclic) bond motifs is 3. The summed E-state index contributed by atoms with van der Waals surface area (Å²) >= 11 is 0. The second-order valence-electron chi connectivity index (χ2n) is 9.88. The number of benzene rings is 2. The van der Waals surface area contributed by atoms with Crippen LogP contribution in [0, 0.1) is 13.8 Å². The second-order valence-corrected chi connectivity index (χ2v) is 9.88.